The standard InChI is InChI=1S/C11H14N2O2S/c14-7-8-6-12-11(16-8)13-4-5-15-10-3-1-2-9(10)13/h6-7,9-10H,1-5H2. The maximum Gasteiger partial charge on any atom is 0.186 e. The minimum absolute atomic E-state index is 0.373. The van der Waals surface area contributed by atoms with Gasteiger partial charge in [-0.25, -0.2) is 4.98 Å². The minimum Gasteiger partial charge on any atom is -0.374 e. The minimum atomic E-state index is 0.373. The van der Waals surface area contributed by atoms with E-state index in [1.807, 2.05) is 0 Å². The normalized spacial score (nSPS) is 29.1. The second kappa shape index (κ2) is 4.14. The Labute approximate surface area is 98.2 Å². The van der Waals surface area contributed by atoms with Crippen molar-refractivity contribution in [3.8, 4) is 0 Å². The van der Waals surface area contributed by atoms with Gasteiger partial charge in [0.15, 0.2) is 11.4 Å². The zero-order valence-electron chi connectivity index (χ0n) is 8.96. The molecule has 4 nitrogen and oxygen atoms in total. The average molecular weight is 238 g/mol. The molecule has 2 atom stereocenters. The van der Waals surface area contributed by atoms with Gasteiger partial charge in [0.1, 0.15) is 0 Å². The second-order valence-electron chi connectivity index (χ2n) is 4.26. The van der Waals surface area contributed by atoms with Crippen LogP contribution in [0.25, 0.3) is 0 Å². The highest BCUT2D eigenvalue weighted by atomic mass is 32.1. The molecular formula is C11H14N2O2S. The number of carbonyl (C=O) groups is 1. The molecule has 86 valence electrons. The van der Waals surface area contributed by atoms with Gasteiger partial charge >= 0.3 is 0 Å². The molecule has 1 saturated carbocycles. The van der Waals surface area contributed by atoms with Crippen LogP contribution in [0.5, 0.6) is 0 Å². The molecule has 2 heterocycles. The van der Waals surface area contributed by atoms with E-state index in [9.17, 15) is 4.79 Å². The molecule has 2 fully saturated rings. The summed E-state index contributed by atoms with van der Waals surface area (Å²) >= 11 is 1.48. The van der Waals surface area contributed by atoms with Gasteiger partial charge in [-0.05, 0) is 19.3 Å². The van der Waals surface area contributed by atoms with E-state index < -0.39 is 0 Å². The van der Waals surface area contributed by atoms with Crippen molar-refractivity contribution in [1.82, 2.24) is 4.98 Å². The Bertz CT molecular complexity index is 393. The first-order valence-electron chi connectivity index (χ1n) is 5.68. The molecular weight excluding hydrogens is 224 g/mol. The van der Waals surface area contributed by atoms with Crippen LogP contribution in [0.4, 0.5) is 5.13 Å². The fraction of sp³-hybridized carbons (Fsp3) is 0.636. The lowest BCUT2D eigenvalue weighted by molar-refractivity contribution is 0.0256. The third kappa shape index (κ3) is 1.64. The fourth-order valence-corrected chi connectivity index (χ4v) is 3.44. The molecule has 0 spiro atoms. The van der Waals surface area contributed by atoms with E-state index in [0.29, 0.717) is 17.0 Å². The first kappa shape index (κ1) is 10.2. The number of anilines is 1. The zero-order chi connectivity index (χ0) is 11.0. The quantitative estimate of drug-likeness (QED) is 0.736. The summed E-state index contributed by atoms with van der Waals surface area (Å²) in [5.74, 6) is 0. The van der Waals surface area contributed by atoms with Crippen molar-refractivity contribution in [2.24, 2.45) is 0 Å². The van der Waals surface area contributed by atoms with E-state index >= 15 is 0 Å². The number of fused-ring (bicyclic) bond motifs is 1. The molecule has 1 aromatic heterocycles. The summed E-state index contributed by atoms with van der Waals surface area (Å²) in [6.07, 6.45) is 6.48. The maximum absolute atomic E-state index is 10.7. The third-order valence-electron chi connectivity index (χ3n) is 3.36. The van der Waals surface area contributed by atoms with E-state index in [1.54, 1.807) is 6.20 Å². The van der Waals surface area contributed by atoms with Gasteiger partial charge in [-0.1, -0.05) is 11.3 Å². The van der Waals surface area contributed by atoms with Gasteiger partial charge in [-0.3, -0.25) is 4.79 Å². The molecule has 2 unspecified atom stereocenters. The Kier molecular flexibility index (Phi) is 2.65. The van der Waals surface area contributed by atoms with Gasteiger partial charge in [0.25, 0.3) is 0 Å². The lowest BCUT2D eigenvalue weighted by Crippen LogP contribution is -2.48. The van der Waals surface area contributed by atoms with E-state index in [1.165, 1.54) is 24.2 Å². The number of thiazole rings is 1. The summed E-state index contributed by atoms with van der Waals surface area (Å²) < 4.78 is 5.75. The fourth-order valence-electron chi connectivity index (χ4n) is 2.63. The van der Waals surface area contributed by atoms with E-state index in [-0.39, 0.29) is 0 Å². The SMILES string of the molecule is O=Cc1cnc(N2CCOC3CCCC32)s1. The molecule has 1 saturated heterocycles. The van der Waals surface area contributed by atoms with Crippen LogP contribution in [-0.4, -0.2) is 36.6 Å². The van der Waals surface area contributed by atoms with Crippen molar-refractivity contribution in [1.29, 1.82) is 0 Å². The number of nitrogens with zero attached hydrogens (tertiary/aromatic N) is 2. The van der Waals surface area contributed by atoms with Gasteiger partial charge in [0.05, 0.1) is 29.8 Å². The summed E-state index contributed by atoms with van der Waals surface area (Å²) in [5.41, 5.74) is 0. The molecule has 3 rings (SSSR count). The first-order valence-corrected chi connectivity index (χ1v) is 6.49. The molecule has 1 aromatic rings. The number of morpholine rings is 1. The molecule has 2 aliphatic rings. The molecule has 0 amide bonds. The highest BCUT2D eigenvalue weighted by molar-refractivity contribution is 7.17. The number of rotatable bonds is 2. The van der Waals surface area contributed by atoms with Crippen LogP contribution in [0.15, 0.2) is 6.20 Å². The summed E-state index contributed by atoms with van der Waals surface area (Å²) in [5, 5.41) is 0.974. The predicted octanol–water partition coefficient (Wildman–Crippen LogP) is 1.71. The van der Waals surface area contributed by atoms with Crippen LogP contribution >= 0.6 is 11.3 Å². The molecule has 1 aliphatic heterocycles. The molecule has 0 aromatic carbocycles. The lowest BCUT2D eigenvalue weighted by Gasteiger charge is -2.37. The molecule has 5 heteroatoms. The first-order chi connectivity index (χ1) is 7.88. The molecule has 0 bridgehead atoms. The Morgan fingerprint density at radius 1 is 1.56 bits per heavy atom. The Balaban J connectivity index is 1.84. The summed E-state index contributed by atoms with van der Waals surface area (Å²) in [6.45, 7) is 1.67. The van der Waals surface area contributed by atoms with Crippen molar-refractivity contribution in [3.05, 3.63) is 11.1 Å². The molecule has 1 aliphatic carbocycles. The van der Waals surface area contributed by atoms with Crippen LogP contribution in [0, 0.1) is 0 Å². The largest absolute Gasteiger partial charge is 0.374 e. The summed E-state index contributed by atoms with van der Waals surface area (Å²) in [6, 6.07) is 0.472. The second-order valence-corrected chi connectivity index (χ2v) is 5.30. The maximum atomic E-state index is 10.7. The van der Waals surface area contributed by atoms with E-state index in [4.69, 9.17) is 4.74 Å². The van der Waals surface area contributed by atoms with E-state index in [2.05, 4.69) is 9.88 Å². The number of hydrogen-bond donors (Lipinski definition) is 0. The van der Waals surface area contributed by atoms with Gasteiger partial charge in [0.2, 0.25) is 0 Å². The Morgan fingerprint density at radius 2 is 2.50 bits per heavy atom. The topological polar surface area (TPSA) is 42.4 Å². The van der Waals surface area contributed by atoms with Crippen molar-refractivity contribution in [2.75, 3.05) is 18.1 Å². The van der Waals surface area contributed by atoms with Gasteiger partial charge in [0, 0.05) is 6.54 Å². The molecule has 16 heavy (non-hydrogen) atoms. The monoisotopic (exact) mass is 238 g/mol. The smallest absolute Gasteiger partial charge is 0.186 e. The number of hydrogen-bond acceptors (Lipinski definition) is 5. The highest BCUT2D eigenvalue weighted by Gasteiger charge is 2.37. The molecule has 0 N–H and O–H groups in total. The van der Waals surface area contributed by atoms with Crippen molar-refractivity contribution in [3.63, 3.8) is 0 Å². The van der Waals surface area contributed by atoms with Gasteiger partial charge < -0.3 is 9.64 Å². The molecule has 0 radical (unpaired) electrons. The Hall–Kier alpha value is -0.940. The van der Waals surface area contributed by atoms with Crippen molar-refractivity contribution in [2.45, 2.75) is 31.4 Å². The number of aromatic nitrogens is 1. The van der Waals surface area contributed by atoms with Crippen LogP contribution in [0.2, 0.25) is 0 Å². The van der Waals surface area contributed by atoms with Crippen LogP contribution in [-0.2, 0) is 4.74 Å². The number of carbonyl (C=O) groups excluding carboxylic acids is 1. The van der Waals surface area contributed by atoms with Crippen LogP contribution in [0.1, 0.15) is 28.9 Å². The third-order valence-corrected chi connectivity index (χ3v) is 4.32. The zero-order valence-corrected chi connectivity index (χ0v) is 9.78. The highest BCUT2D eigenvalue weighted by Crippen LogP contribution is 2.34. The van der Waals surface area contributed by atoms with Crippen molar-refractivity contribution < 1.29 is 9.53 Å². The summed E-state index contributed by atoms with van der Waals surface area (Å²) in [7, 11) is 0. The van der Waals surface area contributed by atoms with Gasteiger partial charge in [-0.15, -0.1) is 0 Å². The number of aldehydes is 1. The summed E-state index contributed by atoms with van der Waals surface area (Å²) in [4.78, 5) is 18.0. The predicted molar refractivity (Wildman–Crippen MR) is 62.2 cm³/mol. The van der Waals surface area contributed by atoms with Crippen LogP contribution < -0.4 is 4.90 Å². The van der Waals surface area contributed by atoms with Crippen LogP contribution in [0.3, 0.4) is 0 Å². The van der Waals surface area contributed by atoms with E-state index in [0.717, 1.165) is 31.0 Å². The Morgan fingerprint density at radius 3 is 3.31 bits per heavy atom. The number of ether oxygens (including phenoxy) is 1. The lowest BCUT2D eigenvalue weighted by atomic mass is 10.1. The average Bonchev–Trinajstić information content (AvgIpc) is 2.97. The van der Waals surface area contributed by atoms with Crippen molar-refractivity contribution >= 4 is 22.8 Å². The van der Waals surface area contributed by atoms with Gasteiger partial charge in [-0.2, -0.15) is 0 Å².